The van der Waals surface area contributed by atoms with E-state index in [2.05, 4.69) is 27.7 Å². The Balaban J connectivity index is 2.08. The van der Waals surface area contributed by atoms with E-state index in [1.807, 2.05) is 0 Å². The van der Waals surface area contributed by atoms with Crippen LogP contribution in [0.1, 0.15) is 79.1 Å². The minimum absolute atomic E-state index is 0.157. The highest BCUT2D eigenvalue weighted by atomic mass is 16.7. The van der Waals surface area contributed by atoms with Crippen LogP contribution in [-0.4, -0.2) is 37.7 Å². The fourth-order valence-corrected chi connectivity index (χ4v) is 2.80. The van der Waals surface area contributed by atoms with Gasteiger partial charge in [0.25, 0.3) is 0 Å². The van der Waals surface area contributed by atoms with Gasteiger partial charge in [-0.05, 0) is 56.8 Å². The number of rotatable bonds is 10. The van der Waals surface area contributed by atoms with Crippen molar-refractivity contribution in [3.63, 3.8) is 0 Å². The lowest BCUT2D eigenvalue weighted by molar-refractivity contribution is -0.0274. The normalized spacial score (nSPS) is 20.1. The average Bonchev–Trinajstić information content (AvgIpc) is 2.55. The van der Waals surface area contributed by atoms with E-state index in [1.165, 1.54) is 0 Å². The number of hydrogen-bond acceptors (Lipinski definition) is 6. The molecule has 0 saturated heterocycles. The molecule has 0 atom stereocenters. The van der Waals surface area contributed by atoms with Gasteiger partial charge in [0.05, 0.1) is 13.2 Å². The summed E-state index contributed by atoms with van der Waals surface area (Å²) in [6.07, 6.45) is 5.08. The van der Waals surface area contributed by atoms with Gasteiger partial charge in [-0.15, -0.1) is 0 Å². The van der Waals surface area contributed by atoms with Crippen LogP contribution in [0.4, 0.5) is 9.59 Å². The van der Waals surface area contributed by atoms with Gasteiger partial charge >= 0.3 is 12.3 Å². The van der Waals surface area contributed by atoms with Crippen molar-refractivity contribution >= 4 is 12.3 Å². The van der Waals surface area contributed by atoms with E-state index in [-0.39, 0.29) is 12.2 Å². The summed E-state index contributed by atoms with van der Waals surface area (Å²) in [6.45, 7) is 9.31. The van der Waals surface area contributed by atoms with Crippen molar-refractivity contribution in [3.05, 3.63) is 0 Å². The van der Waals surface area contributed by atoms with Crippen molar-refractivity contribution in [1.29, 1.82) is 0 Å². The number of carbonyl (C=O) groups is 2. The molecule has 152 valence electrons. The molecular formula is C20H36O6. The van der Waals surface area contributed by atoms with Crippen molar-refractivity contribution < 1.29 is 28.5 Å². The average molecular weight is 373 g/mol. The predicted octanol–water partition coefficient (Wildman–Crippen LogP) is 5.48. The fourth-order valence-electron chi connectivity index (χ4n) is 2.80. The van der Waals surface area contributed by atoms with Crippen molar-refractivity contribution in [2.45, 2.75) is 91.3 Å². The van der Waals surface area contributed by atoms with E-state index >= 15 is 0 Å². The maximum Gasteiger partial charge on any atom is 0.508 e. The zero-order chi connectivity index (χ0) is 19.4. The van der Waals surface area contributed by atoms with Gasteiger partial charge < -0.3 is 18.9 Å². The van der Waals surface area contributed by atoms with Crippen LogP contribution in [0.3, 0.4) is 0 Å². The molecule has 0 aromatic rings. The molecule has 0 aromatic carbocycles. The highest BCUT2D eigenvalue weighted by molar-refractivity contribution is 5.60. The summed E-state index contributed by atoms with van der Waals surface area (Å²) in [6, 6.07) is 0. The first-order chi connectivity index (χ1) is 12.4. The van der Waals surface area contributed by atoms with E-state index in [4.69, 9.17) is 18.9 Å². The van der Waals surface area contributed by atoms with Gasteiger partial charge in [0.15, 0.2) is 0 Å². The molecule has 1 fully saturated rings. The number of hydrogen-bond donors (Lipinski definition) is 0. The lowest BCUT2D eigenvalue weighted by atomic mass is 9.95. The van der Waals surface area contributed by atoms with Crippen molar-refractivity contribution in [2.75, 3.05) is 13.2 Å². The van der Waals surface area contributed by atoms with Gasteiger partial charge in [0.2, 0.25) is 0 Å². The standard InChI is InChI=1S/C20H36O6/c1-15(2)7-5-6-13-23-19(21)25-17-8-10-18(11-9-17)26-20(22)24-14-12-16(3)4/h15-18H,5-14H2,1-4H3. The van der Waals surface area contributed by atoms with Crippen molar-refractivity contribution in [2.24, 2.45) is 11.8 Å². The Morgan fingerprint density at radius 2 is 1.19 bits per heavy atom. The maximum absolute atomic E-state index is 11.7. The molecule has 6 heteroatoms. The molecule has 0 aromatic heterocycles. The molecule has 0 radical (unpaired) electrons. The van der Waals surface area contributed by atoms with Crippen molar-refractivity contribution in [1.82, 2.24) is 0 Å². The summed E-state index contributed by atoms with van der Waals surface area (Å²) in [7, 11) is 0. The summed E-state index contributed by atoms with van der Waals surface area (Å²) in [5.41, 5.74) is 0. The Labute approximate surface area is 157 Å². The number of carbonyl (C=O) groups excluding carboxylic acids is 2. The first-order valence-corrected chi connectivity index (χ1v) is 10.0. The summed E-state index contributed by atoms with van der Waals surface area (Å²) in [4.78, 5) is 23.3. The second kappa shape index (κ2) is 12.8. The van der Waals surface area contributed by atoms with Gasteiger partial charge in [-0.2, -0.15) is 0 Å². The third kappa shape index (κ3) is 11.2. The molecule has 0 amide bonds. The van der Waals surface area contributed by atoms with E-state index < -0.39 is 12.3 Å². The molecule has 1 aliphatic rings. The second-order valence-corrected chi connectivity index (χ2v) is 7.90. The monoisotopic (exact) mass is 372 g/mol. The quantitative estimate of drug-likeness (QED) is 0.374. The molecule has 0 unspecified atom stereocenters. The lowest BCUT2D eigenvalue weighted by Crippen LogP contribution is -2.30. The van der Waals surface area contributed by atoms with E-state index in [9.17, 15) is 9.59 Å². The maximum atomic E-state index is 11.7. The SMILES string of the molecule is CC(C)CCCCOC(=O)OC1CCC(OC(=O)OCCC(C)C)CC1. The van der Waals surface area contributed by atoms with Gasteiger partial charge in [-0.25, -0.2) is 9.59 Å². The molecule has 1 rings (SSSR count). The Bertz CT molecular complexity index is 399. The lowest BCUT2D eigenvalue weighted by Gasteiger charge is -2.27. The molecule has 0 N–H and O–H groups in total. The number of ether oxygens (including phenoxy) is 4. The van der Waals surface area contributed by atoms with E-state index in [0.717, 1.165) is 25.7 Å². The van der Waals surface area contributed by atoms with Crippen LogP contribution in [0.2, 0.25) is 0 Å². The third-order valence-electron chi connectivity index (χ3n) is 4.46. The van der Waals surface area contributed by atoms with Crippen LogP contribution in [0.5, 0.6) is 0 Å². The van der Waals surface area contributed by atoms with Gasteiger partial charge in [-0.1, -0.05) is 34.1 Å². The predicted molar refractivity (Wildman–Crippen MR) is 99.1 cm³/mol. The van der Waals surface area contributed by atoms with Crippen LogP contribution in [0.15, 0.2) is 0 Å². The van der Waals surface area contributed by atoms with Crippen molar-refractivity contribution in [3.8, 4) is 0 Å². The molecule has 1 aliphatic carbocycles. The zero-order valence-corrected chi connectivity index (χ0v) is 16.8. The van der Waals surface area contributed by atoms with E-state index in [1.54, 1.807) is 0 Å². The van der Waals surface area contributed by atoms with Crippen LogP contribution in [0, 0.1) is 11.8 Å². The van der Waals surface area contributed by atoms with Crippen LogP contribution in [-0.2, 0) is 18.9 Å². The molecule has 26 heavy (non-hydrogen) atoms. The molecule has 6 nitrogen and oxygen atoms in total. The molecule has 0 spiro atoms. The number of unbranched alkanes of at least 4 members (excludes halogenated alkanes) is 1. The molecular weight excluding hydrogens is 336 g/mol. The van der Waals surface area contributed by atoms with Gasteiger partial charge in [-0.3, -0.25) is 0 Å². The first-order valence-electron chi connectivity index (χ1n) is 10.0. The zero-order valence-electron chi connectivity index (χ0n) is 16.8. The fraction of sp³-hybridized carbons (Fsp3) is 0.900. The smallest absolute Gasteiger partial charge is 0.434 e. The Morgan fingerprint density at radius 3 is 1.65 bits per heavy atom. The minimum atomic E-state index is -0.601. The molecule has 1 saturated carbocycles. The highest BCUT2D eigenvalue weighted by Gasteiger charge is 2.27. The Morgan fingerprint density at radius 1 is 0.731 bits per heavy atom. The van der Waals surface area contributed by atoms with Crippen LogP contribution in [0.25, 0.3) is 0 Å². The largest absolute Gasteiger partial charge is 0.508 e. The summed E-state index contributed by atoms with van der Waals surface area (Å²) >= 11 is 0. The topological polar surface area (TPSA) is 71.1 Å². The second-order valence-electron chi connectivity index (χ2n) is 7.90. The Hall–Kier alpha value is -1.46. The third-order valence-corrected chi connectivity index (χ3v) is 4.46. The summed E-state index contributed by atoms with van der Waals surface area (Å²) < 4.78 is 20.8. The van der Waals surface area contributed by atoms with Crippen LogP contribution >= 0.6 is 0 Å². The Kier molecular flexibility index (Phi) is 11.1. The summed E-state index contributed by atoms with van der Waals surface area (Å²) in [5.74, 6) is 1.16. The highest BCUT2D eigenvalue weighted by Crippen LogP contribution is 2.24. The van der Waals surface area contributed by atoms with Crippen LogP contribution < -0.4 is 0 Å². The van der Waals surface area contributed by atoms with E-state index in [0.29, 0.717) is 50.7 Å². The molecule has 0 heterocycles. The molecule has 0 bridgehead atoms. The minimum Gasteiger partial charge on any atom is -0.434 e. The first kappa shape index (κ1) is 22.6. The van der Waals surface area contributed by atoms with Gasteiger partial charge in [0, 0.05) is 0 Å². The molecule has 0 aliphatic heterocycles. The summed E-state index contributed by atoms with van der Waals surface area (Å²) in [5, 5.41) is 0. The van der Waals surface area contributed by atoms with Gasteiger partial charge in [0.1, 0.15) is 12.2 Å².